The average molecular weight is 481 g/mol. The molecule has 1 unspecified atom stereocenters. The van der Waals surface area contributed by atoms with Gasteiger partial charge in [0.2, 0.25) is 15.9 Å². The van der Waals surface area contributed by atoms with Crippen molar-refractivity contribution in [2.75, 3.05) is 6.54 Å². The van der Waals surface area contributed by atoms with Gasteiger partial charge in [-0.25, -0.2) is 17.8 Å². The number of sulfonamides is 1. The second kappa shape index (κ2) is 8.42. The molecule has 0 aromatic carbocycles. The molecule has 1 aliphatic rings. The standard InChI is InChI=1S/C19H17ClN4O5S2/c20-17-2-1-14(30-17)5-8-31(28,29)22-15-4-7-23(18(15)25)11-13-9-12-10-21-6-3-16(12)24(13)19(26)27/h1-3,5-6,8-10,15,22H,4,7,11H2,(H,26,27)/b8-5+. The summed E-state index contributed by atoms with van der Waals surface area (Å²) in [4.78, 5) is 30.6. The summed E-state index contributed by atoms with van der Waals surface area (Å²) in [5, 5.41) is 11.2. The van der Waals surface area contributed by atoms with Crippen molar-refractivity contribution >= 4 is 61.9 Å². The van der Waals surface area contributed by atoms with Crippen molar-refractivity contribution < 1.29 is 23.1 Å². The van der Waals surface area contributed by atoms with Crippen molar-refractivity contribution in [3.8, 4) is 0 Å². The Labute approximate surface area is 186 Å². The Hall–Kier alpha value is -2.73. The van der Waals surface area contributed by atoms with Crippen molar-refractivity contribution in [3.63, 3.8) is 0 Å². The molecule has 1 amide bonds. The largest absolute Gasteiger partial charge is 0.464 e. The molecular formula is C19H17ClN4O5S2. The number of pyridine rings is 1. The lowest BCUT2D eigenvalue weighted by molar-refractivity contribution is -0.129. The third-order valence-electron chi connectivity index (χ3n) is 4.83. The summed E-state index contributed by atoms with van der Waals surface area (Å²) in [6, 6.07) is 5.69. The van der Waals surface area contributed by atoms with Gasteiger partial charge in [-0.15, -0.1) is 11.3 Å². The molecule has 3 aromatic heterocycles. The molecule has 4 heterocycles. The third kappa shape index (κ3) is 4.64. The Kier molecular flexibility index (Phi) is 5.84. The summed E-state index contributed by atoms with van der Waals surface area (Å²) in [5.74, 6) is -0.406. The number of carboxylic acid groups (broad SMARTS) is 1. The van der Waals surface area contributed by atoms with Gasteiger partial charge in [0, 0.05) is 40.3 Å². The molecule has 3 aromatic rings. The summed E-state index contributed by atoms with van der Waals surface area (Å²) in [6.45, 7) is 0.344. The van der Waals surface area contributed by atoms with Crippen LogP contribution < -0.4 is 4.72 Å². The number of amides is 1. The molecule has 0 saturated carbocycles. The minimum Gasteiger partial charge on any atom is -0.464 e. The van der Waals surface area contributed by atoms with Crippen molar-refractivity contribution in [1.82, 2.24) is 19.2 Å². The molecule has 4 rings (SSSR count). The first kappa shape index (κ1) is 21.5. The molecule has 0 bridgehead atoms. The van der Waals surface area contributed by atoms with Crippen LogP contribution in [0, 0.1) is 0 Å². The first-order chi connectivity index (χ1) is 14.7. The van der Waals surface area contributed by atoms with E-state index < -0.39 is 28.1 Å². The fraction of sp³-hybridized carbons (Fsp3) is 0.211. The van der Waals surface area contributed by atoms with Crippen LogP contribution in [0.2, 0.25) is 4.34 Å². The molecule has 0 aliphatic carbocycles. The van der Waals surface area contributed by atoms with Crippen LogP contribution in [0.25, 0.3) is 17.0 Å². The second-order valence-electron chi connectivity index (χ2n) is 6.90. The van der Waals surface area contributed by atoms with Gasteiger partial charge in [-0.2, -0.15) is 4.72 Å². The molecule has 1 saturated heterocycles. The fourth-order valence-corrected chi connectivity index (χ4v) is 5.54. The highest BCUT2D eigenvalue weighted by Gasteiger charge is 2.34. The zero-order valence-corrected chi connectivity index (χ0v) is 18.3. The van der Waals surface area contributed by atoms with E-state index in [1.807, 2.05) is 0 Å². The zero-order chi connectivity index (χ0) is 22.2. The van der Waals surface area contributed by atoms with Gasteiger partial charge in [0.05, 0.1) is 16.4 Å². The zero-order valence-electron chi connectivity index (χ0n) is 15.9. The van der Waals surface area contributed by atoms with Crippen molar-refractivity contribution in [3.05, 3.63) is 57.0 Å². The van der Waals surface area contributed by atoms with E-state index in [-0.39, 0.29) is 13.0 Å². The summed E-state index contributed by atoms with van der Waals surface area (Å²) < 4.78 is 28.7. The van der Waals surface area contributed by atoms with E-state index in [1.54, 1.807) is 30.5 Å². The SMILES string of the molecule is O=C1C(NS(=O)(=O)/C=C/c2ccc(Cl)s2)CCN1Cc1cc2cnccc2n1C(=O)O. The molecule has 0 spiro atoms. The number of carbonyl (C=O) groups is 2. The number of thiophene rings is 1. The van der Waals surface area contributed by atoms with E-state index in [0.29, 0.717) is 32.4 Å². The maximum Gasteiger partial charge on any atom is 0.416 e. The van der Waals surface area contributed by atoms with Gasteiger partial charge in [-0.05, 0) is 36.8 Å². The van der Waals surface area contributed by atoms with Crippen LogP contribution in [0.4, 0.5) is 4.79 Å². The van der Waals surface area contributed by atoms with Crippen LogP contribution in [0.5, 0.6) is 0 Å². The van der Waals surface area contributed by atoms with Gasteiger partial charge < -0.3 is 10.0 Å². The van der Waals surface area contributed by atoms with Crippen LogP contribution >= 0.6 is 22.9 Å². The molecule has 1 fully saturated rings. The highest BCUT2D eigenvalue weighted by atomic mass is 35.5. The molecular weight excluding hydrogens is 464 g/mol. The Morgan fingerprint density at radius 1 is 1.39 bits per heavy atom. The Balaban J connectivity index is 1.47. The van der Waals surface area contributed by atoms with E-state index in [9.17, 15) is 23.1 Å². The number of rotatable bonds is 6. The quantitative estimate of drug-likeness (QED) is 0.559. The number of aromatic nitrogens is 2. The van der Waals surface area contributed by atoms with Gasteiger partial charge in [0.1, 0.15) is 6.04 Å². The molecule has 12 heteroatoms. The predicted molar refractivity (Wildman–Crippen MR) is 117 cm³/mol. The number of likely N-dealkylation sites (tertiary alicyclic amines) is 1. The summed E-state index contributed by atoms with van der Waals surface area (Å²) in [5.41, 5.74) is 0.877. The lowest BCUT2D eigenvalue weighted by Gasteiger charge is -2.17. The fourth-order valence-electron chi connectivity index (χ4n) is 3.47. The third-order valence-corrected chi connectivity index (χ3v) is 7.14. The van der Waals surface area contributed by atoms with E-state index in [4.69, 9.17) is 11.6 Å². The summed E-state index contributed by atoms with van der Waals surface area (Å²) >= 11 is 7.07. The van der Waals surface area contributed by atoms with Crippen LogP contribution in [0.15, 0.2) is 42.1 Å². The topological polar surface area (TPSA) is 122 Å². The predicted octanol–water partition coefficient (Wildman–Crippen LogP) is 2.97. The summed E-state index contributed by atoms with van der Waals surface area (Å²) in [6.07, 6.45) is 3.57. The van der Waals surface area contributed by atoms with Gasteiger partial charge in [0.15, 0.2) is 0 Å². The molecule has 2 N–H and O–H groups in total. The van der Waals surface area contributed by atoms with E-state index in [1.165, 1.54) is 28.5 Å². The van der Waals surface area contributed by atoms with Crippen molar-refractivity contribution in [2.24, 2.45) is 0 Å². The lowest BCUT2D eigenvalue weighted by Crippen LogP contribution is -2.40. The van der Waals surface area contributed by atoms with Crippen LogP contribution in [-0.4, -0.2) is 52.6 Å². The molecule has 0 radical (unpaired) electrons. The van der Waals surface area contributed by atoms with E-state index in [0.717, 1.165) is 9.98 Å². The Morgan fingerprint density at radius 2 is 2.19 bits per heavy atom. The van der Waals surface area contributed by atoms with Gasteiger partial charge >= 0.3 is 6.09 Å². The first-order valence-electron chi connectivity index (χ1n) is 9.16. The summed E-state index contributed by atoms with van der Waals surface area (Å²) in [7, 11) is -3.85. The minimum atomic E-state index is -3.85. The average Bonchev–Trinajstić information content (AvgIpc) is 3.39. The number of nitrogens with one attached hydrogen (secondary N) is 1. The number of carbonyl (C=O) groups excluding carboxylic acids is 1. The minimum absolute atomic E-state index is 0.0432. The normalized spacial score (nSPS) is 17.3. The first-order valence-corrected chi connectivity index (χ1v) is 11.9. The maximum absolute atomic E-state index is 12.8. The maximum atomic E-state index is 12.8. The Morgan fingerprint density at radius 3 is 2.90 bits per heavy atom. The second-order valence-corrected chi connectivity index (χ2v) is 10.2. The molecule has 1 atom stereocenters. The monoisotopic (exact) mass is 480 g/mol. The van der Waals surface area contributed by atoms with Crippen LogP contribution in [0.1, 0.15) is 17.0 Å². The van der Waals surface area contributed by atoms with Gasteiger partial charge in [-0.3, -0.25) is 9.78 Å². The molecule has 9 nitrogen and oxygen atoms in total. The highest BCUT2D eigenvalue weighted by Crippen LogP contribution is 2.24. The van der Waals surface area contributed by atoms with Crippen LogP contribution in [-0.2, 0) is 21.4 Å². The molecule has 1 aliphatic heterocycles. The smallest absolute Gasteiger partial charge is 0.416 e. The number of hydrogen-bond donors (Lipinski definition) is 2. The van der Waals surface area contributed by atoms with Crippen molar-refractivity contribution in [2.45, 2.75) is 19.0 Å². The number of hydrogen-bond acceptors (Lipinski definition) is 6. The van der Waals surface area contributed by atoms with Gasteiger partial charge in [0.25, 0.3) is 0 Å². The van der Waals surface area contributed by atoms with Crippen molar-refractivity contribution in [1.29, 1.82) is 0 Å². The number of nitrogens with zero attached hydrogens (tertiary/aromatic N) is 3. The van der Waals surface area contributed by atoms with Crippen LogP contribution in [0.3, 0.4) is 0 Å². The van der Waals surface area contributed by atoms with E-state index in [2.05, 4.69) is 9.71 Å². The number of halogens is 1. The van der Waals surface area contributed by atoms with Gasteiger partial charge in [-0.1, -0.05) is 11.6 Å². The molecule has 31 heavy (non-hydrogen) atoms. The Bertz CT molecular complexity index is 1300. The molecule has 162 valence electrons. The highest BCUT2D eigenvalue weighted by molar-refractivity contribution is 7.92. The van der Waals surface area contributed by atoms with E-state index >= 15 is 0 Å². The number of fused-ring (bicyclic) bond motifs is 1. The lowest BCUT2D eigenvalue weighted by atomic mass is 10.3.